The average molecular weight is 395 g/mol. The summed E-state index contributed by atoms with van der Waals surface area (Å²) in [4.78, 5) is 12.4. The molecule has 0 unspecified atom stereocenters. The molecular weight excluding hydrogens is 380 g/mol. The van der Waals surface area contributed by atoms with Crippen molar-refractivity contribution >= 4 is 43.2 Å². The molecule has 25 heavy (non-hydrogen) atoms. The van der Waals surface area contributed by atoms with E-state index in [-0.39, 0.29) is 15.8 Å². The van der Waals surface area contributed by atoms with Crippen molar-refractivity contribution in [3.63, 3.8) is 0 Å². The molecule has 1 N–H and O–H groups in total. The Morgan fingerprint density at radius 2 is 1.96 bits per heavy atom. The highest BCUT2D eigenvalue weighted by atomic mass is 35.5. The van der Waals surface area contributed by atoms with E-state index in [1.165, 1.54) is 0 Å². The molecule has 8 heteroatoms. The first-order valence-corrected chi connectivity index (χ1v) is 10.5. The maximum absolute atomic E-state index is 12.4. The molecular formula is C17H15ClN2O3S2. The molecule has 1 aromatic heterocycles. The molecule has 0 bridgehead atoms. The Morgan fingerprint density at radius 3 is 2.68 bits per heavy atom. The summed E-state index contributed by atoms with van der Waals surface area (Å²) in [6.07, 6.45) is 1.76. The largest absolute Gasteiger partial charge is 0.308 e. The van der Waals surface area contributed by atoms with Gasteiger partial charge in [-0.1, -0.05) is 41.1 Å². The van der Waals surface area contributed by atoms with E-state index < -0.39 is 10.0 Å². The van der Waals surface area contributed by atoms with Crippen molar-refractivity contribution in [1.82, 2.24) is 9.29 Å². The van der Waals surface area contributed by atoms with Crippen LogP contribution in [0, 0.1) is 0 Å². The Bertz CT molecular complexity index is 1110. The predicted molar refractivity (Wildman–Crippen MR) is 100.0 cm³/mol. The van der Waals surface area contributed by atoms with Crippen LogP contribution in [0.1, 0.15) is 18.4 Å². The molecule has 0 spiro atoms. The molecule has 5 nitrogen and oxygen atoms in total. The third-order valence-electron chi connectivity index (χ3n) is 4.14. The number of thiazole rings is 1. The smallest absolute Gasteiger partial charge is 0.294 e. The number of hydrogen-bond donors (Lipinski definition) is 1. The van der Waals surface area contributed by atoms with Gasteiger partial charge in [0.15, 0.2) is 0 Å². The molecule has 1 aliphatic rings. The Kier molecular flexibility index (Phi) is 4.19. The van der Waals surface area contributed by atoms with Gasteiger partial charge in [0.25, 0.3) is 0 Å². The second-order valence-electron chi connectivity index (χ2n) is 6.07. The molecule has 1 aliphatic carbocycles. The number of sulfonamides is 1. The van der Waals surface area contributed by atoms with Gasteiger partial charge in [0, 0.05) is 11.1 Å². The van der Waals surface area contributed by atoms with E-state index in [1.807, 2.05) is 18.2 Å². The topological polar surface area (TPSA) is 68.2 Å². The minimum absolute atomic E-state index is 0.0456. The van der Waals surface area contributed by atoms with E-state index in [1.54, 1.807) is 28.8 Å². The Balaban J connectivity index is 1.74. The lowest BCUT2D eigenvalue weighted by Gasteiger charge is -2.08. The molecule has 0 saturated heterocycles. The first-order valence-electron chi connectivity index (χ1n) is 7.83. The molecule has 4 rings (SSSR count). The molecule has 0 aliphatic heterocycles. The molecule has 130 valence electrons. The van der Waals surface area contributed by atoms with Crippen LogP contribution in [0.25, 0.3) is 10.2 Å². The fourth-order valence-electron chi connectivity index (χ4n) is 2.65. The van der Waals surface area contributed by atoms with Crippen molar-refractivity contribution in [2.45, 2.75) is 30.3 Å². The van der Waals surface area contributed by atoms with E-state index in [0.29, 0.717) is 21.8 Å². The summed E-state index contributed by atoms with van der Waals surface area (Å²) in [6.45, 7) is 0.352. The molecule has 1 heterocycles. The van der Waals surface area contributed by atoms with Gasteiger partial charge in [-0.3, -0.25) is 9.36 Å². The number of hydrogen-bond acceptors (Lipinski definition) is 4. The predicted octanol–water partition coefficient (Wildman–Crippen LogP) is 3.21. The van der Waals surface area contributed by atoms with Crippen LogP contribution in [0.4, 0.5) is 0 Å². The van der Waals surface area contributed by atoms with Crippen molar-refractivity contribution in [3.05, 3.63) is 62.7 Å². The zero-order valence-electron chi connectivity index (χ0n) is 13.1. The van der Waals surface area contributed by atoms with E-state index >= 15 is 0 Å². The van der Waals surface area contributed by atoms with Gasteiger partial charge in [0.2, 0.25) is 10.0 Å². The molecule has 0 radical (unpaired) electrons. The van der Waals surface area contributed by atoms with Crippen LogP contribution in [0.5, 0.6) is 0 Å². The zero-order chi connectivity index (χ0) is 17.6. The maximum atomic E-state index is 12.4. The van der Waals surface area contributed by atoms with E-state index in [9.17, 15) is 13.2 Å². The van der Waals surface area contributed by atoms with Crippen molar-refractivity contribution in [2.75, 3.05) is 0 Å². The third-order valence-corrected chi connectivity index (χ3v) is 6.96. The van der Waals surface area contributed by atoms with Gasteiger partial charge in [-0.2, -0.15) is 0 Å². The van der Waals surface area contributed by atoms with Gasteiger partial charge in [0.1, 0.15) is 0 Å². The van der Waals surface area contributed by atoms with E-state index in [0.717, 1.165) is 29.7 Å². The van der Waals surface area contributed by atoms with Crippen LogP contribution in [0.2, 0.25) is 5.02 Å². The van der Waals surface area contributed by atoms with Crippen LogP contribution in [0.15, 0.2) is 52.2 Å². The fourth-order valence-corrected chi connectivity index (χ4v) is 5.18. The lowest BCUT2D eigenvalue weighted by atomic mass is 10.2. The molecule has 3 aromatic rings. The Labute approximate surface area is 153 Å². The summed E-state index contributed by atoms with van der Waals surface area (Å²) in [7, 11) is -3.53. The van der Waals surface area contributed by atoms with Crippen LogP contribution in [-0.2, 0) is 16.6 Å². The number of benzene rings is 2. The van der Waals surface area contributed by atoms with Crippen molar-refractivity contribution in [1.29, 1.82) is 0 Å². The lowest BCUT2D eigenvalue weighted by molar-refractivity contribution is 0.581. The number of aromatic nitrogens is 1. The van der Waals surface area contributed by atoms with Gasteiger partial charge in [-0.15, -0.1) is 0 Å². The normalized spacial score (nSPS) is 14.9. The highest BCUT2D eigenvalue weighted by Crippen LogP contribution is 2.26. The summed E-state index contributed by atoms with van der Waals surface area (Å²) in [5.74, 6) is 0. The highest BCUT2D eigenvalue weighted by Gasteiger charge is 2.28. The molecule has 1 fully saturated rings. The highest BCUT2D eigenvalue weighted by molar-refractivity contribution is 7.89. The van der Waals surface area contributed by atoms with E-state index in [2.05, 4.69) is 4.72 Å². The van der Waals surface area contributed by atoms with Gasteiger partial charge >= 0.3 is 4.87 Å². The fraction of sp³-hybridized carbons (Fsp3) is 0.235. The quantitative estimate of drug-likeness (QED) is 0.722. The van der Waals surface area contributed by atoms with Crippen LogP contribution in [0.3, 0.4) is 0 Å². The van der Waals surface area contributed by atoms with Gasteiger partial charge in [0.05, 0.1) is 21.7 Å². The first kappa shape index (κ1) is 16.8. The van der Waals surface area contributed by atoms with Crippen LogP contribution < -0.4 is 9.60 Å². The number of nitrogens with zero attached hydrogens (tertiary/aromatic N) is 1. The molecule has 0 atom stereocenters. The summed E-state index contributed by atoms with van der Waals surface area (Å²) >= 11 is 7.23. The maximum Gasteiger partial charge on any atom is 0.308 e. The minimum atomic E-state index is -3.53. The standard InChI is InChI=1S/C17H15ClN2O3S2/c18-14-4-2-1-3-11(14)10-20-15-8-7-13(9-16(15)24-17(20)21)25(22,23)19-12-5-6-12/h1-4,7-9,12,19H,5-6,10H2. The summed E-state index contributed by atoms with van der Waals surface area (Å²) in [5.41, 5.74) is 1.55. The van der Waals surface area contributed by atoms with Gasteiger partial charge in [-0.25, -0.2) is 13.1 Å². The van der Waals surface area contributed by atoms with Crippen LogP contribution >= 0.6 is 22.9 Å². The summed E-state index contributed by atoms with van der Waals surface area (Å²) in [6, 6.07) is 12.2. The second-order valence-corrected chi connectivity index (χ2v) is 9.18. The summed E-state index contributed by atoms with van der Waals surface area (Å²) < 4.78 is 29.6. The molecule has 2 aromatic carbocycles. The van der Waals surface area contributed by atoms with Crippen LogP contribution in [-0.4, -0.2) is 19.0 Å². The first-order chi connectivity index (χ1) is 11.9. The second kappa shape index (κ2) is 6.25. The number of halogens is 1. The van der Waals surface area contributed by atoms with E-state index in [4.69, 9.17) is 11.6 Å². The Hall–Kier alpha value is -1.67. The lowest BCUT2D eigenvalue weighted by Crippen LogP contribution is -2.25. The number of rotatable bonds is 5. The van der Waals surface area contributed by atoms with Crippen molar-refractivity contribution in [3.8, 4) is 0 Å². The molecule has 0 amide bonds. The average Bonchev–Trinajstić information content (AvgIpc) is 3.31. The van der Waals surface area contributed by atoms with Crippen molar-refractivity contribution < 1.29 is 8.42 Å². The van der Waals surface area contributed by atoms with Gasteiger partial charge < -0.3 is 0 Å². The SMILES string of the molecule is O=c1sc2cc(S(=O)(=O)NC3CC3)ccc2n1Cc1ccccc1Cl. The van der Waals surface area contributed by atoms with Gasteiger partial charge in [-0.05, 0) is 42.7 Å². The monoisotopic (exact) mass is 394 g/mol. The summed E-state index contributed by atoms with van der Waals surface area (Å²) in [5, 5.41) is 0.599. The zero-order valence-corrected chi connectivity index (χ0v) is 15.5. The Morgan fingerprint density at radius 1 is 1.20 bits per heavy atom. The van der Waals surface area contributed by atoms with Crippen molar-refractivity contribution in [2.24, 2.45) is 0 Å². The minimum Gasteiger partial charge on any atom is -0.294 e. The number of nitrogens with one attached hydrogen (secondary N) is 1. The molecule has 1 saturated carbocycles. The number of fused-ring (bicyclic) bond motifs is 1. The third kappa shape index (κ3) is 3.37.